The molecule has 1 aliphatic heterocycles. The van der Waals surface area contributed by atoms with Crippen LogP contribution >= 0.6 is 0 Å². The van der Waals surface area contributed by atoms with Crippen molar-refractivity contribution in [2.75, 3.05) is 7.11 Å². The van der Waals surface area contributed by atoms with Gasteiger partial charge in [0.25, 0.3) is 0 Å². The Labute approximate surface area is 162 Å². The number of nitrogens with two attached hydrogens (primary N) is 1. The van der Waals surface area contributed by atoms with Crippen molar-refractivity contribution in [1.82, 2.24) is 0 Å². The van der Waals surface area contributed by atoms with E-state index in [1.807, 2.05) is 14.0 Å². The van der Waals surface area contributed by atoms with Crippen molar-refractivity contribution in [3.63, 3.8) is 0 Å². The molecule has 2 atom stereocenters. The van der Waals surface area contributed by atoms with Crippen molar-refractivity contribution in [3.8, 4) is 5.75 Å². The van der Waals surface area contributed by atoms with E-state index in [9.17, 15) is 0 Å². The lowest BCUT2D eigenvalue weighted by molar-refractivity contribution is -0.000410. The molecule has 0 aromatic heterocycles. The van der Waals surface area contributed by atoms with Gasteiger partial charge in [-0.2, -0.15) is 0 Å². The largest absolute Gasteiger partial charge is 0.491 e. The molecule has 0 amide bonds. The molecule has 1 aromatic carbocycles. The first-order chi connectivity index (χ1) is 12.9. The van der Waals surface area contributed by atoms with Crippen LogP contribution in [0.3, 0.4) is 0 Å². The molecule has 146 valence electrons. The van der Waals surface area contributed by atoms with Gasteiger partial charge in [-0.3, -0.25) is 4.99 Å². The molecule has 2 unspecified atom stereocenters. The van der Waals surface area contributed by atoms with Gasteiger partial charge in [-0.15, -0.1) is 0 Å². The van der Waals surface area contributed by atoms with Gasteiger partial charge >= 0.3 is 0 Å². The summed E-state index contributed by atoms with van der Waals surface area (Å²) in [4.78, 5) is 10.1. The number of hydrogen-bond donors (Lipinski definition) is 1. The van der Waals surface area contributed by atoms with Crippen LogP contribution in [0.2, 0.25) is 0 Å². The number of aliphatic imine (C=N–C) groups is 2. The maximum Gasteiger partial charge on any atom is 0.184 e. The number of benzene rings is 1. The van der Waals surface area contributed by atoms with E-state index in [1.165, 1.54) is 11.1 Å². The summed E-state index contributed by atoms with van der Waals surface area (Å²) in [7, 11) is 1.81. The number of hydrogen-bond acceptors (Lipinski definition) is 5. The Morgan fingerprint density at radius 3 is 2.59 bits per heavy atom. The average molecular weight is 370 g/mol. The minimum absolute atomic E-state index is 0.0122. The standard InChI is InChI=1S/C22H31N3O2/c1-5-14(2)27-18-7-6-16-13-21(10-8-17(26-4)9-11-21)22(19(16)12-18)24-15(3)20(23)25-22/h6-7,12,14,17H,5,8-11,13H2,1-4H3,(H2,23,25). The Morgan fingerprint density at radius 1 is 1.26 bits per heavy atom. The molecule has 4 rings (SSSR count). The van der Waals surface area contributed by atoms with Crippen LogP contribution in [-0.2, 0) is 16.8 Å². The first-order valence-electron chi connectivity index (χ1n) is 10.2. The zero-order chi connectivity index (χ0) is 19.2. The minimum atomic E-state index is -0.593. The molecule has 5 heteroatoms. The van der Waals surface area contributed by atoms with E-state index in [0.717, 1.165) is 50.0 Å². The zero-order valence-corrected chi connectivity index (χ0v) is 16.9. The fourth-order valence-electron chi connectivity index (χ4n) is 5.04. The maximum atomic E-state index is 6.24. The van der Waals surface area contributed by atoms with Crippen molar-refractivity contribution in [1.29, 1.82) is 0 Å². The maximum absolute atomic E-state index is 6.24. The van der Waals surface area contributed by atoms with Crippen LogP contribution in [0.25, 0.3) is 0 Å². The van der Waals surface area contributed by atoms with Crippen molar-refractivity contribution >= 4 is 11.5 Å². The third kappa shape index (κ3) is 2.78. The van der Waals surface area contributed by atoms with E-state index >= 15 is 0 Å². The Kier molecular flexibility index (Phi) is 4.53. The van der Waals surface area contributed by atoms with Crippen molar-refractivity contribution < 1.29 is 9.47 Å². The molecular formula is C22H31N3O2. The van der Waals surface area contributed by atoms with Crippen LogP contribution in [0.4, 0.5) is 0 Å². The second kappa shape index (κ2) is 6.62. The van der Waals surface area contributed by atoms with E-state index in [2.05, 4.69) is 32.0 Å². The molecule has 1 heterocycles. The van der Waals surface area contributed by atoms with Crippen molar-refractivity contribution in [3.05, 3.63) is 29.3 Å². The molecular weight excluding hydrogens is 338 g/mol. The lowest BCUT2D eigenvalue weighted by atomic mass is 9.65. The van der Waals surface area contributed by atoms with Gasteiger partial charge in [0, 0.05) is 18.1 Å². The van der Waals surface area contributed by atoms with Crippen molar-refractivity contribution in [2.24, 2.45) is 21.1 Å². The smallest absolute Gasteiger partial charge is 0.184 e. The predicted molar refractivity (Wildman–Crippen MR) is 109 cm³/mol. The summed E-state index contributed by atoms with van der Waals surface area (Å²) < 4.78 is 11.7. The number of nitrogens with zero attached hydrogens (tertiary/aromatic N) is 2. The molecule has 0 saturated heterocycles. The van der Waals surface area contributed by atoms with E-state index in [1.54, 1.807) is 0 Å². The third-order valence-electron chi connectivity index (χ3n) is 6.84. The second-order valence-electron chi connectivity index (χ2n) is 8.41. The van der Waals surface area contributed by atoms with Gasteiger partial charge in [0.1, 0.15) is 11.6 Å². The summed E-state index contributed by atoms with van der Waals surface area (Å²) in [6.07, 6.45) is 6.70. The normalized spacial score (nSPS) is 33.1. The highest BCUT2D eigenvalue weighted by Gasteiger charge is 2.60. The quantitative estimate of drug-likeness (QED) is 0.873. The van der Waals surface area contributed by atoms with Gasteiger partial charge in [-0.25, -0.2) is 4.99 Å². The molecule has 1 aromatic rings. The molecule has 1 fully saturated rings. The van der Waals surface area contributed by atoms with Crippen LogP contribution in [0.5, 0.6) is 5.75 Å². The van der Waals surface area contributed by atoms with E-state index in [4.69, 9.17) is 25.2 Å². The highest BCUT2D eigenvalue weighted by molar-refractivity contribution is 6.41. The molecule has 3 aliphatic rings. The predicted octanol–water partition coefficient (Wildman–Crippen LogP) is 3.98. The Balaban J connectivity index is 1.78. The van der Waals surface area contributed by atoms with Crippen LogP contribution < -0.4 is 10.5 Å². The average Bonchev–Trinajstić information content (AvgIpc) is 3.11. The van der Waals surface area contributed by atoms with Crippen LogP contribution in [0, 0.1) is 5.41 Å². The van der Waals surface area contributed by atoms with Gasteiger partial charge in [-0.1, -0.05) is 13.0 Å². The van der Waals surface area contributed by atoms with Gasteiger partial charge in [-0.05, 0) is 70.1 Å². The number of amidine groups is 1. The monoisotopic (exact) mass is 369 g/mol. The summed E-state index contributed by atoms with van der Waals surface area (Å²) in [6, 6.07) is 6.47. The van der Waals surface area contributed by atoms with E-state index < -0.39 is 5.66 Å². The molecule has 2 N–H and O–H groups in total. The summed E-state index contributed by atoms with van der Waals surface area (Å²) in [6.45, 7) is 6.21. The lowest BCUT2D eigenvalue weighted by Gasteiger charge is -2.44. The number of methoxy groups -OCH3 is 1. The SMILES string of the molecule is CCC(C)Oc1ccc2c(c1)C1(N=C(C)C(N)=N1)C1(CCC(OC)CC1)C2. The van der Waals surface area contributed by atoms with Gasteiger partial charge in [0.05, 0.1) is 17.9 Å². The van der Waals surface area contributed by atoms with Crippen LogP contribution in [0.15, 0.2) is 28.2 Å². The third-order valence-corrected chi connectivity index (χ3v) is 6.84. The Morgan fingerprint density at radius 2 is 2.00 bits per heavy atom. The summed E-state index contributed by atoms with van der Waals surface area (Å²) in [5.41, 5.74) is 8.99. The molecule has 0 radical (unpaired) electrons. The number of ether oxygens (including phenoxy) is 2. The Bertz CT molecular complexity index is 773. The highest BCUT2D eigenvalue weighted by atomic mass is 16.5. The molecule has 2 spiro atoms. The van der Waals surface area contributed by atoms with Crippen LogP contribution in [-0.4, -0.2) is 30.9 Å². The van der Waals surface area contributed by atoms with Gasteiger partial charge in [0.2, 0.25) is 0 Å². The molecule has 5 nitrogen and oxygen atoms in total. The fourth-order valence-corrected chi connectivity index (χ4v) is 5.04. The van der Waals surface area contributed by atoms with Gasteiger partial charge in [0.15, 0.2) is 5.66 Å². The van der Waals surface area contributed by atoms with Crippen LogP contribution in [0.1, 0.15) is 64.0 Å². The first kappa shape index (κ1) is 18.5. The topological polar surface area (TPSA) is 69.2 Å². The molecule has 27 heavy (non-hydrogen) atoms. The van der Waals surface area contributed by atoms with Gasteiger partial charge < -0.3 is 15.2 Å². The molecule has 1 saturated carbocycles. The zero-order valence-electron chi connectivity index (χ0n) is 16.9. The summed E-state index contributed by atoms with van der Waals surface area (Å²) in [5, 5.41) is 0. The number of fused-ring (bicyclic) bond motifs is 3. The lowest BCUT2D eigenvalue weighted by Crippen LogP contribution is -2.43. The second-order valence-corrected chi connectivity index (χ2v) is 8.41. The molecule has 0 bridgehead atoms. The summed E-state index contributed by atoms with van der Waals surface area (Å²) in [5.74, 6) is 1.47. The first-order valence-corrected chi connectivity index (χ1v) is 10.2. The Hall–Kier alpha value is -1.88. The minimum Gasteiger partial charge on any atom is -0.491 e. The summed E-state index contributed by atoms with van der Waals surface area (Å²) >= 11 is 0. The fraction of sp³-hybridized carbons (Fsp3) is 0.636. The molecule has 2 aliphatic carbocycles. The van der Waals surface area contributed by atoms with E-state index in [0.29, 0.717) is 11.9 Å². The van der Waals surface area contributed by atoms with E-state index in [-0.39, 0.29) is 11.5 Å². The van der Waals surface area contributed by atoms with Crippen molar-refractivity contribution in [2.45, 2.75) is 77.2 Å². The highest BCUT2D eigenvalue weighted by Crippen LogP contribution is 2.62. The number of rotatable bonds is 4.